The zero-order valence-corrected chi connectivity index (χ0v) is 10.9. The highest BCUT2D eigenvalue weighted by Gasteiger charge is 2.00. The average molecular weight is 257 g/mol. The van der Waals surface area contributed by atoms with Crippen LogP contribution in [0.1, 0.15) is 5.56 Å². The van der Waals surface area contributed by atoms with E-state index in [9.17, 15) is 8.42 Å². The predicted molar refractivity (Wildman–Crippen MR) is 68.7 cm³/mol. The quantitative estimate of drug-likeness (QED) is 0.701. The summed E-state index contributed by atoms with van der Waals surface area (Å²) in [6.45, 7) is 2.32. The van der Waals surface area contributed by atoms with E-state index in [-0.39, 0.29) is 5.75 Å². The molecule has 96 valence electrons. The molecule has 0 radical (unpaired) electrons. The Balaban J connectivity index is 1.99. The average Bonchev–Trinajstić information content (AvgIpc) is 2.28. The van der Waals surface area contributed by atoms with Crippen LogP contribution >= 0.6 is 0 Å². The molecule has 5 heteroatoms. The van der Waals surface area contributed by atoms with E-state index < -0.39 is 9.84 Å². The number of benzene rings is 1. The van der Waals surface area contributed by atoms with Crippen molar-refractivity contribution in [3.8, 4) is 0 Å². The molecule has 0 saturated heterocycles. The molecule has 0 spiro atoms. The highest BCUT2D eigenvalue weighted by molar-refractivity contribution is 7.90. The van der Waals surface area contributed by atoms with Crippen molar-refractivity contribution >= 4 is 9.84 Å². The lowest BCUT2D eigenvalue weighted by Crippen LogP contribution is -2.25. The highest BCUT2D eigenvalue weighted by atomic mass is 32.2. The molecule has 0 aliphatic carbocycles. The third-order valence-electron chi connectivity index (χ3n) is 2.18. The summed E-state index contributed by atoms with van der Waals surface area (Å²) >= 11 is 0. The minimum Gasteiger partial charge on any atom is -0.375 e. The third kappa shape index (κ3) is 7.90. The molecule has 1 rings (SSSR count). The van der Waals surface area contributed by atoms with Gasteiger partial charge in [-0.3, -0.25) is 0 Å². The van der Waals surface area contributed by atoms with Crippen LogP contribution in [0, 0.1) is 0 Å². The van der Waals surface area contributed by atoms with Gasteiger partial charge in [0, 0.05) is 19.3 Å². The molecule has 0 aromatic heterocycles. The van der Waals surface area contributed by atoms with Crippen LogP contribution < -0.4 is 5.32 Å². The van der Waals surface area contributed by atoms with Crippen molar-refractivity contribution in [3.63, 3.8) is 0 Å². The molecular weight excluding hydrogens is 238 g/mol. The van der Waals surface area contributed by atoms with E-state index in [1.165, 1.54) is 6.26 Å². The molecule has 0 amide bonds. The first-order valence-corrected chi connectivity index (χ1v) is 7.64. The van der Waals surface area contributed by atoms with Gasteiger partial charge in [-0.25, -0.2) is 8.42 Å². The summed E-state index contributed by atoms with van der Waals surface area (Å²) in [6, 6.07) is 9.94. The zero-order valence-electron chi connectivity index (χ0n) is 10.1. The van der Waals surface area contributed by atoms with Gasteiger partial charge in [0.1, 0.15) is 9.84 Å². The van der Waals surface area contributed by atoms with E-state index in [0.717, 1.165) is 5.56 Å². The molecule has 0 bridgehead atoms. The Morgan fingerprint density at radius 1 is 1.18 bits per heavy atom. The number of hydrogen-bond acceptors (Lipinski definition) is 4. The van der Waals surface area contributed by atoms with Crippen LogP contribution in [0.5, 0.6) is 0 Å². The maximum atomic E-state index is 10.8. The molecule has 0 aliphatic rings. The molecule has 1 aromatic carbocycles. The molecule has 4 nitrogen and oxygen atoms in total. The van der Waals surface area contributed by atoms with Crippen molar-refractivity contribution in [1.82, 2.24) is 5.32 Å². The lowest BCUT2D eigenvalue weighted by molar-refractivity contribution is 0.123. The normalized spacial score (nSPS) is 11.6. The summed E-state index contributed by atoms with van der Waals surface area (Å²) in [5, 5.41) is 3.02. The van der Waals surface area contributed by atoms with Gasteiger partial charge in [0.2, 0.25) is 0 Å². The standard InChI is InChI=1S/C12H19NO3S/c1-17(14,15)10-8-13-7-9-16-11-12-5-3-2-4-6-12/h2-6,13H,7-11H2,1H3. The molecule has 17 heavy (non-hydrogen) atoms. The van der Waals surface area contributed by atoms with Gasteiger partial charge >= 0.3 is 0 Å². The predicted octanol–water partition coefficient (Wildman–Crippen LogP) is 0.837. The summed E-state index contributed by atoms with van der Waals surface area (Å²) in [7, 11) is -2.86. The van der Waals surface area contributed by atoms with Crippen LogP contribution in [-0.2, 0) is 21.2 Å². The minimum atomic E-state index is -2.86. The van der Waals surface area contributed by atoms with Crippen molar-refractivity contribution in [2.45, 2.75) is 6.61 Å². The van der Waals surface area contributed by atoms with Crippen molar-refractivity contribution < 1.29 is 13.2 Å². The molecule has 0 saturated carbocycles. The number of hydrogen-bond donors (Lipinski definition) is 1. The Bertz CT molecular complexity index is 403. The molecule has 0 fully saturated rings. The third-order valence-corrected chi connectivity index (χ3v) is 3.13. The van der Waals surface area contributed by atoms with Gasteiger partial charge in [0.25, 0.3) is 0 Å². The molecule has 0 aliphatic heterocycles. The van der Waals surface area contributed by atoms with Crippen LogP contribution in [0.25, 0.3) is 0 Å². The van der Waals surface area contributed by atoms with Crippen molar-refractivity contribution in [2.75, 3.05) is 31.7 Å². The van der Waals surface area contributed by atoms with Crippen LogP contribution in [0.15, 0.2) is 30.3 Å². The Hall–Kier alpha value is -0.910. The summed E-state index contributed by atoms with van der Waals surface area (Å²) in [4.78, 5) is 0. The highest BCUT2D eigenvalue weighted by Crippen LogP contribution is 1.99. The second kappa shape index (κ2) is 7.42. The van der Waals surface area contributed by atoms with E-state index in [4.69, 9.17) is 4.74 Å². The second-order valence-electron chi connectivity index (χ2n) is 3.92. The van der Waals surface area contributed by atoms with Crippen LogP contribution in [0.4, 0.5) is 0 Å². The van der Waals surface area contributed by atoms with Gasteiger partial charge in [-0.05, 0) is 5.56 Å². The minimum absolute atomic E-state index is 0.172. The first-order valence-electron chi connectivity index (χ1n) is 5.58. The largest absolute Gasteiger partial charge is 0.375 e. The van der Waals surface area contributed by atoms with Crippen molar-refractivity contribution in [2.24, 2.45) is 0 Å². The van der Waals surface area contributed by atoms with E-state index in [0.29, 0.717) is 26.3 Å². The van der Waals surface area contributed by atoms with Gasteiger partial charge < -0.3 is 10.1 Å². The topological polar surface area (TPSA) is 55.4 Å². The Labute approximate surface area is 103 Å². The fourth-order valence-electron chi connectivity index (χ4n) is 1.29. The second-order valence-corrected chi connectivity index (χ2v) is 6.18. The SMILES string of the molecule is CS(=O)(=O)CCNCCOCc1ccccc1. The molecule has 0 atom stereocenters. The van der Waals surface area contributed by atoms with Crippen LogP contribution in [0.3, 0.4) is 0 Å². The summed E-state index contributed by atoms with van der Waals surface area (Å²) in [5.74, 6) is 0.172. The molecule has 0 heterocycles. The Kier molecular flexibility index (Phi) is 6.18. The van der Waals surface area contributed by atoms with Gasteiger partial charge in [0.05, 0.1) is 19.0 Å². The van der Waals surface area contributed by atoms with Crippen molar-refractivity contribution in [3.05, 3.63) is 35.9 Å². The van der Waals surface area contributed by atoms with Crippen LogP contribution in [-0.4, -0.2) is 40.1 Å². The van der Waals surface area contributed by atoms with E-state index in [1.807, 2.05) is 30.3 Å². The molecule has 0 unspecified atom stereocenters. The Morgan fingerprint density at radius 3 is 2.53 bits per heavy atom. The maximum absolute atomic E-state index is 10.8. The number of rotatable bonds is 8. The molecule has 1 aromatic rings. The number of ether oxygens (including phenoxy) is 1. The van der Waals surface area contributed by atoms with E-state index in [1.54, 1.807) is 0 Å². The lowest BCUT2D eigenvalue weighted by atomic mass is 10.2. The first-order chi connectivity index (χ1) is 8.08. The smallest absolute Gasteiger partial charge is 0.148 e. The lowest BCUT2D eigenvalue weighted by Gasteiger charge is -2.05. The summed E-state index contributed by atoms with van der Waals surface area (Å²) in [6.07, 6.45) is 1.24. The number of nitrogens with one attached hydrogen (secondary N) is 1. The van der Waals surface area contributed by atoms with E-state index in [2.05, 4.69) is 5.32 Å². The zero-order chi connectivity index (χ0) is 12.6. The van der Waals surface area contributed by atoms with E-state index >= 15 is 0 Å². The van der Waals surface area contributed by atoms with Crippen molar-refractivity contribution in [1.29, 1.82) is 0 Å². The van der Waals surface area contributed by atoms with Gasteiger partial charge in [0.15, 0.2) is 0 Å². The monoisotopic (exact) mass is 257 g/mol. The molecule has 1 N–H and O–H groups in total. The van der Waals surface area contributed by atoms with Crippen LogP contribution in [0.2, 0.25) is 0 Å². The van der Waals surface area contributed by atoms with Gasteiger partial charge in [-0.1, -0.05) is 30.3 Å². The van der Waals surface area contributed by atoms with Gasteiger partial charge in [-0.2, -0.15) is 0 Å². The maximum Gasteiger partial charge on any atom is 0.148 e. The summed E-state index contributed by atoms with van der Waals surface area (Å²) < 4.78 is 27.1. The summed E-state index contributed by atoms with van der Waals surface area (Å²) in [5.41, 5.74) is 1.14. The molecular formula is C12H19NO3S. The fourth-order valence-corrected chi connectivity index (χ4v) is 1.81. The van der Waals surface area contributed by atoms with Gasteiger partial charge in [-0.15, -0.1) is 0 Å². The fraction of sp³-hybridized carbons (Fsp3) is 0.500. The Morgan fingerprint density at radius 2 is 1.88 bits per heavy atom. The first kappa shape index (κ1) is 14.2. The number of sulfone groups is 1.